The molecule has 0 N–H and O–H groups in total. The van der Waals surface area contributed by atoms with Gasteiger partial charge >= 0.3 is 5.97 Å². The zero-order valence-corrected chi connectivity index (χ0v) is 13.3. The minimum atomic E-state index is -0.283. The molecule has 0 aliphatic heterocycles. The summed E-state index contributed by atoms with van der Waals surface area (Å²) in [6, 6.07) is 10.2. The molecule has 1 aromatic rings. The van der Waals surface area contributed by atoms with Crippen LogP contribution in [0.15, 0.2) is 30.3 Å². The summed E-state index contributed by atoms with van der Waals surface area (Å²) in [5.74, 6) is -0.129. The van der Waals surface area contributed by atoms with E-state index in [1.165, 1.54) is 38.5 Å². The summed E-state index contributed by atoms with van der Waals surface area (Å²) in [4.78, 5) is 14.7. The lowest BCUT2D eigenvalue weighted by molar-refractivity contribution is -0.150. The number of carbonyl (C=O) groups excluding carboxylic acids is 1. The number of hydrogen-bond acceptors (Lipinski definition) is 3. The second kappa shape index (κ2) is 8.18. The van der Waals surface area contributed by atoms with Gasteiger partial charge < -0.3 is 4.74 Å². The Morgan fingerprint density at radius 2 is 1.81 bits per heavy atom. The molecule has 3 heteroatoms. The lowest BCUT2D eigenvalue weighted by Gasteiger charge is -2.33. The van der Waals surface area contributed by atoms with Crippen molar-refractivity contribution in [3.63, 3.8) is 0 Å². The maximum Gasteiger partial charge on any atom is 0.327 e. The van der Waals surface area contributed by atoms with Gasteiger partial charge in [-0.1, -0.05) is 56.0 Å². The van der Waals surface area contributed by atoms with Gasteiger partial charge in [0.2, 0.25) is 0 Å². The topological polar surface area (TPSA) is 29.5 Å². The van der Waals surface area contributed by atoms with Gasteiger partial charge in [-0.05, 0) is 32.4 Å². The molecule has 3 nitrogen and oxygen atoms in total. The third-order valence-electron chi connectivity index (χ3n) is 4.43. The van der Waals surface area contributed by atoms with Crippen LogP contribution >= 0.6 is 0 Å². The number of ether oxygens (including phenoxy) is 1. The van der Waals surface area contributed by atoms with E-state index in [0.717, 1.165) is 5.56 Å². The van der Waals surface area contributed by atoms with Crippen LogP contribution in [0.3, 0.4) is 0 Å². The molecule has 1 atom stereocenters. The summed E-state index contributed by atoms with van der Waals surface area (Å²) in [6.45, 7) is 2.30. The molecule has 0 bridgehead atoms. The molecule has 0 saturated heterocycles. The number of hydrogen-bond donors (Lipinski definition) is 0. The van der Waals surface area contributed by atoms with E-state index < -0.39 is 0 Å². The standard InChI is InChI=1S/C18H27NO2/c1-3-21-18(20)17(15-11-7-6-8-12-15)19(2)16-13-9-4-5-10-14-16/h6-8,11-12,16-17H,3-5,9-10,13-14H2,1-2H3. The van der Waals surface area contributed by atoms with Gasteiger partial charge in [0.1, 0.15) is 6.04 Å². The molecule has 2 rings (SSSR count). The minimum absolute atomic E-state index is 0.129. The fraction of sp³-hybridized carbons (Fsp3) is 0.611. The van der Waals surface area contributed by atoms with Gasteiger partial charge in [0.25, 0.3) is 0 Å². The van der Waals surface area contributed by atoms with Crippen LogP contribution in [0, 0.1) is 0 Å². The summed E-state index contributed by atoms with van der Waals surface area (Å²) in [5.41, 5.74) is 1.03. The average molecular weight is 289 g/mol. The number of carbonyl (C=O) groups is 1. The molecule has 0 radical (unpaired) electrons. The van der Waals surface area contributed by atoms with Crippen LogP contribution in [0.1, 0.15) is 57.1 Å². The third kappa shape index (κ3) is 4.31. The predicted octanol–water partition coefficient (Wildman–Crippen LogP) is 3.95. The Kier molecular flexibility index (Phi) is 6.24. The fourth-order valence-corrected chi connectivity index (χ4v) is 3.27. The van der Waals surface area contributed by atoms with Gasteiger partial charge in [0.15, 0.2) is 0 Å². The second-order valence-corrected chi connectivity index (χ2v) is 5.88. The van der Waals surface area contributed by atoms with E-state index >= 15 is 0 Å². The SMILES string of the molecule is CCOC(=O)C(c1ccccc1)N(C)C1CCCCCC1. The van der Waals surface area contributed by atoms with Gasteiger partial charge in [0, 0.05) is 6.04 Å². The molecule has 1 aliphatic rings. The van der Waals surface area contributed by atoms with E-state index in [9.17, 15) is 4.79 Å². The maximum absolute atomic E-state index is 12.4. The molecular weight excluding hydrogens is 262 g/mol. The van der Waals surface area contributed by atoms with Crippen molar-refractivity contribution >= 4 is 5.97 Å². The Morgan fingerprint density at radius 3 is 2.38 bits per heavy atom. The van der Waals surface area contributed by atoms with Crippen molar-refractivity contribution in [2.75, 3.05) is 13.7 Å². The molecule has 1 fully saturated rings. The first-order valence-corrected chi connectivity index (χ1v) is 8.17. The van der Waals surface area contributed by atoms with Crippen molar-refractivity contribution in [3.8, 4) is 0 Å². The second-order valence-electron chi connectivity index (χ2n) is 5.88. The first-order chi connectivity index (χ1) is 10.2. The molecule has 1 aliphatic carbocycles. The highest BCUT2D eigenvalue weighted by Gasteiger charge is 2.31. The summed E-state index contributed by atoms with van der Waals surface area (Å²) in [5, 5.41) is 0. The van der Waals surface area contributed by atoms with Gasteiger partial charge in [-0.15, -0.1) is 0 Å². The molecule has 1 unspecified atom stereocenters. The Balaban J connectivity index is 2.19. The highest BCUT2D eigenvalue weighted by molar-refractivity contribution is 5.77. The normalized spacial score (nSPS) is 18.2. The molecule has 116 valence electrons. The summed E-state index contributed by atoms with van der Waals surface area (Å²) in [6.07, 6.45) is 7.52. The maximum atomic E-state index is 12.4. The van der Waals surface area contributed by atoms with Crippen molar-refractivity contribution in [3.05, 3.63) is 35.9 Å². The zero-order chi connectivity index (χ0) is 15.1. The molecular formula is C18H27NO2. The molecule has 0 aromatic heterocycles. The van der Waals surface area contributed by atoms with Crippen LogP contribution in [0.2, 0.25) is 0 Å². The van der Waals surface area contributed by atoms with Gasteiger partial charge in [-0.2, -0.15) is 0 Å². The van der Waals surface area contributed by atoms with Crippen molar-refractivity contribution in [1.82, 2.24) is 4.90 Å². The number of benzene rings is 1. The Bertz CT molecular complexity index is 424. The van der Waals surface area contributed by atoms with Crippen molar-refractivity contribution in [2.45, 2.75) is 57.5 Å². The Morgan fingerprint density at radius 1 is 1.19 bits per heavy atom. The molecule has 1 saturated carbocycles. The van der Waals surface area contributed by atoms with E-state index in [4.69, 9.17) is 4.74 Å². The van der Waals surface area contributed by atoms with Gasteiger partial charge in [-0.3, -0.25) is 4.90 Å². The number of likely N-dealkylation sites (N-methyl/N-ethyl adjacent to an activating group) is 1. The first-order valence-electron chi connectivity index (χ1n) is 8.17. The number of nitrogens with zero attached hydrogens (tertiary/aromatic N) is 1. The smallest absolute Gasteiger partial charge is 0.327 e. The van der Waals surface area contributed by atoms with E-state index in [2.05, 4.69) is 11.9 Å². The third-order valence-corrected chi connectivity index (χ3v) is 4.43. The van der Waals surface area contributed by atoms with E-state index in [1.54, 1.807) is 0 Å². The highest BCUT2D eigenvalue weighted by Crippen LogP contribution is 2.29. The molecule has 21 heavy (non-hydrogen) atoms. The minimum Gasteiger partial charge on any atom is -0.465 e. The molecule has 0 amide bonds. The number of rotatable bonds is 5. The van der Waals surface area contributed by atoms with Gasteiger partial charge in [0.05, 0.1) is 6.61 Å². The fourth-order valence-electron chi connectivity index (χ4n) is 3.27. The summed E-state index contributed by atoms with van der Waals surface area (Å²) >= 11 is 0. The Labute approximate surface area is 128 Å². The van der Waals surface area contributed by atoms with Crippen LogP contribution in [-0.4, -0.2) is 30.6 Å². The van der Waals surface area contributed by atoms with Gasteiger partial charge in [-0.25, -0.2) is 4.79 Å². The first kappa shape index (κ1) is 16.0. The largest absolute Gasteiger partial charge is 0.465 e. The summed E-state index contributed by atoms with van der Waals surface area (Å²) < 4.78 is 5.32. The van der Waals surface area contributed by atoms with Crippen LogP contribution in [0.4, 0.5) is 0 Å². The van der Waals surface area contributed by atoms with Crippen molar-refractivity contribution < 1.29 is 9.53 Å². The van der Waals surface area contributed by atoms with Crippen LogP contribution < -0.4 is 0 Å². The van der Waals surface area contributed by atoms with Crippen LogP contribution in [0.25, 0.3) is 0 Å². The average Bonchev–Trinajstić information content (AvgIpc) is 2.78. The Hall–Kier alpha value is -1.35. The molecule has 1 aromatic carbocycles. The highest BCUT2D eigenvalue weighted by atomic mass is 16.5. The van der Waals surface area contributed by atoms with Crippen molar-refractivity contribution in [2.24, 2.45) is 0 Å². The molecule has 0 heterocycles. The van der Waals surface area contributed by atoms with Crippen LogP contribution in [0.5, 0.6) is 0 Å². The number of esters is 1. The quantitative estimate of drug-likeness (QED) is 0.607. The lowest BCUT2D eigenvalue weighted by Crippen LogP contribution is -2.39. The van der Waals surface area contributed by atoms with Crippen LogP contribution in [-0.2, 0) is 9.53 Å². The van der Waals surface area contributed by atoms with E-state index in [1.807, 2.05) is 37.3 Å². The van der Waals surface area contributed by atoms with E-state index in [0.29, 0.717) is 12.6 Å². The van der Waals surface area contributed by atoms with Crippen molar-refractivity contribution in [1.29, 1.82) is 0 Å². The molecule has 0 spiro atoms. The predicted molar refractivity (Wildman–Crippen MR) is 85.1 cm³/mol. The monoisotopic (exact) mass is 289 g/mol. The zero-order valence-electron chi connectivity index (χ0n) is 13.3. The lowest BCUT2D eigenvalue weighted by atomic mass is 10.0. The summed E-state index contributed by atoms with van der Waals surface area (Å²) in [7, 11) is 2.07. The van der Waals surface area contributed by atoms with E-state index in [-0.39, 0.29) is 12.0 Å².